The number of amides is 2. The summed E-state index contributed by atoms with van der Waals surface area (Å²) in [5.41, 5.74) is 6.57. The van der Waals surface area contributed by atoms with Crippen LogP contribution in [0.5, 0.6) is 5.75 Å². The number of benzene rings is 2. The lowest BCUT2D eigenvalue weighted by Crippen LogP contribution is -2.44. The van der Waals surface area contributed by atoms with Crippen molar-refractivity contribution in [1.82, 2.24) is 10.9 Å². The Morgan fingerprint density at radius 1 is 0.957 bits per heavy atom. The van der Waals surface area contributed by atoms with Crippen molar-refractivity contribution in [2.75, 3.05) is 18.6 Å². The summed E-state index contributed by atoms with van der Waals surface area (Å²) >= 11 is 1.38. The molecule has 2 rings (SSSR count). The van der Waals surface area contributed by atoms with Gasteiger partial charge < -0.3 is 4.74 Å². The fraction of sp³-hybridized carbons (Fsp3) is 0.176. The van der Waals surface area contributed by atoms with Gasteiger partial charge in [-0.3, -0.25) is 20.4 Å². The van der Waals surface area contributed by atoms with E-state index in [1.54, 1.807) is 0 Å². The predicted octanol–water partition coefficient (Wildman–Crippen LogP) is 2.24. The second-order valence-corrected chi connectivity index (χ2v) is 5.55. The van der Waals surface area contributed by atoms with E-state index >= 15 is 0 Å². The van der Waals surface area contributed by atoms with Crippen molar-refractivity contribution in [3.8, 4) is 16.9 Å². The van der Waals surface area contributed by atoms with E-state index in [1.807, 2.05) is 60.9 Å². The molecule has 23 heavy (non-hydrogen) atoms. The lowest BCUT2D eigenvalue weighted by atomic mass is 10.1. The standard InChI is InChI=1S/C17H18N2O3S/c1-23-12-17(21)19-18-16(20)11-22-15-10-6-5-9-14(15)13-7-3-2-4-8-13/h2-10H,11-12H2,1H3,(H,18,20)(H,19,21). The summed E-state index contributed by atoms with van der Waals surface area (Å²) in [5, 5.41) is 0. The van der Waals surface area contributed by atoms with Crippen molar-refractivity contribution < 1.29 is 14.3 Å². The number of hydrazine groups is 1. The molecule has 0 heterocycles. The van der Waals surface area contributed by atoms with Crippen LogP contribution in [0.2, 0.25) is 0 Å². The van der Waals surface area contributed by atoms with Crippen LogP contribution in [0.4, 0.5) is 0 Å². The molecule has 2 amide bonds. The molecule has 0 aliphatic rings. The van der Waals surface area contributed by atoms with Crippen LogP contribution in [-0.4, -0.2) is 30.4 Å². The van der Waals surface area contributed by atoms with Crippen LogP contribution >= 0.6 is 11.8 Å². The summed E-state index contributed by atoms with van der Waals surface area (Å²) in [7, 11) is 0. The van der Waals surface area contributed by atoms with E-state index in [4.69, 9.17) is 4.74 Å². The summed E-state index contributed by atoms with van der Waals surface area (Å²) in [5.74, 6) is 0.236. The van der Waals surface area contributed by atoms with Crippen LogP contribution in [0.25, 0.3) is 11.1 Å². The number of hydrogen-bond donors (Lipinski definition) is 2. The second-order valence-electron chi connectivity index (χ2n) is 4.68. The van der Waals surface area contributed by atoms with Gasteiger partial charge in [-0.05, 0) is 17.9 Å². The van der Waals surface area contributed by atoms with Crippen molar-refractivity contribution in [1.29, 1.82) is 0 Å². The lowest BCUT2D eigenvalue weighted by Gasteiger charge is -2.12. The molecule has 2 aromatic carbocycles. The molecule has 0 saturated carbocycles. The smallest absolute Gasteiger partial charge is 0.276 e. The highest BCUT2D eigenvalue weighted by molar-refractivity contribution is 7.99. The first-order chi connectivity index (χ1) is 11.2. The summed E-state index contributed by atoms with van der Waals surface area (Å²) < 4.78 is 5.58. The first kappa shape index (κ1) is 16.9. The zero-order valence-electron chi connectivity index (χ0n) is 12.7. The van der Waals surface area contributed by atoms with E-state index in [1.165, 1.54) is 11.8 Å². The van der Waals surface area contributed by atoms with Gasteiger partial charge in [-0.25, -0.2) is 0 Å². The molecule has 6 heteroatoms. The van der Waals surface area contributed by atoms with Gasteiger partial charge in [-0.1, -0.05) is 48.5 Å². The maximum atomic E-state index is 11.7. The Labute approximate surface area is 139 Å². The number of nitrogens with one attached hydrogen (secondary N) is 2. The maximum absolute atomic E-state index is 11.7. The molecule has 120 valence electrons. The average molecular weight is 330 g/mol. The molecule has 0 fully saturated rings. The SMILES string of the molecule is CSCC(=O)NNC(=O)COc1ccccc1-c1ccccc1. The first-order valence-electron chi connectivity index (χ1n) is 7.04. The lowest BCUT2D eigenvalue weighted by molar-refractivity contribution is -0.128. The van der Waals surface area contributed by atoms with E-state index in [2.05, 4.69) is 10.9 Å². The van der Waals surface area contributed by atoms with Crippen LogP contribution in [0.3, 0.4) is 0 Å². The zero-order chi connectivity index (χ0) is 16.5. The van der Waals surface area contributed by atoms with Crippen molar-refractivity contribution in [3.05, 3.63) is 54.6 Å². The fourth-order valence-electron chi connectivity index (χ4n) is 1.93. The van der Waals surface area contributed by atoms with Gasteiger partial charge in [0.2, 0.25) is 5.91 Å². The molecule has 0 atom stereocenters. The minimum Gasteiger partial charge on any atom is -0.483 e. The minimum absolute atomic E-state index is 0.177. The number of thioether (sulfide) groups is 1. The molecule has 0 saturated heterocycles. The first-order valence-corrected chi connectivity index (χ1v) is 8.44. The summed E-state index contributed by atoms with van der Waals surface area (Å²) in [4.78, 5) is 23.0. The summed E-state index contributed by atoms with van der Waals surface area (Å²) in [6, 6.07) is 17.3. The normalized spacial score (nSPS) is 9.96. The minimum atomic E-state index is -0.415. The molecule has 0 aromatic heterocycles. The van der Waals surface area contributed by atoms with Gasteiger partial charge in [0, 0.05) is 5.56 Å². The molecule has 5 nitrogen and oxygen atoms in total. The van der Waals surface area contributed by atoms with Gasteiger partial charge in [0.25, 0.3) is 5.91 Å². The van der Waals surface area contributed by atoms with Crippen LogP contribution in [0.15, 0.2) is 54.6 Å². The molecule has 0 bridgehead atoms. The van der Waals surface area contributed by atoms with Crippen LogP contribution in [0.1, 0.15) is 0 Å². The second kappa shape index (κ2) is 8.85. The van der Waals surface area contributed by atoms with Gasteiger partial charge in [0.05, 0.1) is 5.75 Å². The number of para-hydroxylation sites is 1. The predicted molar refractivity (Wildman–Crippen MR) is 92.0 cm³/mol. The molecule has 2 aromatic rings. The Morgan fingerprint density at radius 3 is 2.35 bits per heavy atom. The molecule has 0 radical (unpaired) electrons. The topological polar surface area (TPSA) is 67.4 Å². The molecule has 0 spiro atoms. The van der Waals surface area contributed by atoms with Crippen LogP contribution in [0, 0.1) is 0 Å². The monoisotopic (exact) mass is 330 g/mol. The molecular weight excluding hydrogens is 312 g/mol. The number of hydrogen-bond acceptors (Lipinski definition) is 4. The highest BCUT2D eigenvalue weighted by atomic mass is 32.2. The average Bonchev–Trinajstić information content (AvgIpc) is 2.59. The van der Waals surface area contributed by atoms with Crippen LogP contribution < -0.4 is 15.6 Å². The molecule has 2 N–H and O–H groups in total. The fourth-order valence-corrected chi connectivity index (χ4v) is 2.27. The largest absolute Gasteiger partial charge is 0.483 e. The van der Waals surface area contributed by atoms with Gasteiger partial charge in [0.1, 0.15) is 5.75 Å². The number of carbonyl (C=O) groups is 2. The third-order valence-corrected chi connectivity index (χ3v) is 3.50. The molecule has 0 aliphatic heterocycles. The molecule has 0 unspecified atom stereocenters. The number of carbonyl (C=O) groups excluding carboxylic acids is 2. The number of ether oxygens (including phenoxy) is 1. The summed E-state index contributed by atoms with van der Waals surface area (Å²) in [6.07, 6.45) is 1.81. The highest BCUT2D eigenvalue weighted by Gasteiger charge is 2.08. The van der Waals surface area contributed by atoms with Crippen LogP contribution in [-0.2, 0) is 9.59 Å². The Kier molecular flexibility index (Phi) is 6.50. The van der Waals surface area contributed by atoms with E-state index in [0.29, 0.717) is 5.75 Å². The zero-order valence-corrected chi connectivity index (χ0v) is 13.6. The Balaban J connectivity index is 1.94. The molecule has 0 aliphatic carbocycles. The Bertz CT molecular complexity index is 662. The van der Waals surface area contributed by atoms with Gasteiger partial charge in [-0.2, -0.15) is 11.8 Å². The van der Waals surface area contributed by atoms with E-state index in [0.717, 1.165) is 11.1 Å². The van der Waals surface area contributed by atoms with E-state index < -0.39 is 5.91 Å². The third kappa shape index (κ3) is 5.34. The maximum Gasteiger partial charge on any atom is 0.276 e. The van der Waals surface area contributed by atoms with E-state index in [-0.39, 0.29) is 18.3 Å². The quantitative estimate of drug-likeness (QED) is 0.797. The Morgan fingerprint density at radius 2 is 1.61 bits per heavy atom. The summed E-state index contributed by atoms with van der Waals surface area (Å²) in [6.45, 7) is -0.177. The Hall–Kier alpha value is -2.47. The van der Waals surface area contributed by atoms with Crippen molar-refractivity contribution in [3.63, 3.8) is 0 Å². The number of rotatable bonds is 6. The van der Waals surface area contributed by atoms with Gasteiger partial charge in [0.15, 0.2) is 6.61 Å². The van der Waals surface area contributed by atoms with Gasteiger partial charge in [-0.15, -0.1) is 0 Å². The highest BCUT2D eigenvalue weighted by Crippen LogP contribution is 2.29. The van der Waals surface area contributed by atoms with Crippen molar-refractivity contribution >= 4 is 23.6 Å². The molecular formula is C17H18N2O3S. The van der Waals surface area contributed by atoms with Crippen molar-refractivity contribution in [2.45, 2.75) is 0 Å². The van der Waals surface area contributed by atoms with Crippen molar-refractivity contribution in [2.24, 2.45) is 0 Å². The van der Waals surface area contributed by atoms with Gasteiger partial charge >= 0.3 is 0 Å². The third-order valence-electron chi connectivity index (χ3n) is 2.95. The van der Waals surface area contributed by atoms with E-state index in [9.17, 15) is 9.59 Å².